The van der Waals surface area contributed by atoms with Gasteiger partial charge in [0, 0.05) is 45.8 Å². The van der Waals surface area contributed by atoms with Crippen LogP contribution in [0.1, 0.15) is 286 Å². The third-order valence-corrected chi connectivity index (χ3v) is 14.0. The van der Waals surface area contributed by atoms with Crippen molar-refractivity contribution in [1.82, 2.24) is 10.2 Å². The number of unbranched alkanes of at least 4 members (excludes halogenated alkanes) is 28. The molecule has 10 nitrogen and oxygen atoms in total. The molecular weight excluding hydrogens is 841 g/mol. The Bertz CT molecular complexity index is 1220. The van der Waals surface area contributed by atoms with Gasteiger partial charge in [0.25, 0.3) is 0 Å². The molecule has 1 rings (SSSR count). The summed E-state index contributed by atoms with van der Waals surface area (Å²) in [6, 6.07) is -0.388. The van der Waals surface area contributed by atoms with Crippen LogP contribution in [0.3, 0.4) is 0 Å². The highest BCUT2D eigenvalue weighted by atomic mass is 16.5. The van der Waals surface area contributed by atoms with Crippen molar-refractivity contribution in [2.45, 2.75) is 309 Å². The SMILES string of the molecule is CCCCCCCCCCCCCCCCCC(=O)OC[C@@H]1C[C@@H](OC(=O)CCCCCCCCCCCCCCCCC)CN1C(=O)CCC(=O)NCCCC(C)(C)OCCC(C)(C)OC. The minimum absolute atomic E-state index is 0.0408. The Morgan fingerprint density at radius 1 is 0.522 bits per heavy atom. The first-order valence-electron chi connectivity index (χ1n) is 28.4. The molecule has 1 fully saturated rings. The summed E-state index contributed by atoms with van der Waals surface area (Å²) in [4.78, 5) is 53.8. The van der Waals surface area contributed by atoms with Gasteiger partial charge >= 0.3 is 11.9 Å². The first kappa shape index (κ1) is 62.8. The normalized spacial score (nSPS) is 15.3. The van der Waals surface area contributed by atoms with E-state index in [-0.39, 0.29) is 67.0 Å². The van der Waals surface area contributed by atoms with Crippen molar-refractivity contribution in [1.29, 1.82) is 0 Å². The van der Waals surface area contributed by atoms with Crippen molar-refractivity contribution in [2.75, 3.05) is 33.4 Å². The fourth-order valence-electron chi connectivity index (χ4n) is 9.15. The molecule has 0 spiro atoms. The molecule has 67 heavy (non-hydrogen) atoms. The van der Waals surface area contributed by atoms with Gasteiger partial charge in [-0.1, -0.05) is 194 Å². The van der Waals surface area contributed by atoms with Crippen LogP contribution >= 0.6 is 0 Å². The number of likely N-dealkylation sites (tertiary alicyclic amines) is 1. The Morgan fingerprint density at radius 3 is 1.40 bits per heavy atom. The molecule has 1 aliphatic heterocycles. The van der Waals surface area contributed by atoms with E-state index in [0.717, 1.165) is 57.8 Å². The van der Waals surface area contributed by atoms with E-state index in [1.807, 2.05) is 13.8 Å². The maximum absolute atomic E-state index is 13.6. The predicted molar refractivity (Wildman–Crippen MR) is 277 cm³/mol. The lowest BCUT2D eigenvalue weighted by Gasteiger charge is -2.29. The summed E-state index contributed by atoms with van der Waals surface area (Å²) in [6.45, 7) is 14.2. The van der Waals surface area contributed by atoms with Gasteiger partial charge in [0.15, 0.2) is 0 Å². The van der Waals surface area contributed by atoms with Crippen LogP contribution in [0.25, 0.3) is 0 Å². The molecular formula is C57H108N2O8. The monoisotopic (exact) mass is 949 g/mol. The van der Waals surface area contributed by atoms with Gasteiger partial charge in [-0.2, -0.15) is 0 Å². The van der Waals surface area contributed by atoms with Crippen LogP contribution in [-0.4, -0.2) is 85.4 Å². The Hall–Kier alpha value is -2.20. The second-order valence-electron chi connectivity index (χ2n) is 21.4. The van der Waals surface area contributed by atoms with E-state index in [2.05, 4.69) is 33.0 Å². The lowest BCUT2D eigenvalue weighted by Crippen LogP contribution is -2.39. The van der Waals surface area contributed by atoms with Gasteiger partial charge in [-0.05, 0) is 59.8 Å². The fraction of sp³-hybridized carbons (Fsp3) is 0.930. The molecule has 0 bridgehead atoms. The topological polar surface area (TPSA) is 120 Å². The number of carbonyl (C=O) groups is 4. The average Bonchev–Trinajstić information content (AvgIpc) is 3.70. The minimum atomic E-state index is -0.452. The molecule has 0 unspecified atom stereocenters. The first-order valence-corrected chi connectivity index (χ1v) is 28.4. The number of hydrogen-bond acceptors (Lipinski definition) is 8. The number of carbonyl (C=O) groups excluding carboxylic acids is 4. The molecule has 10 heteroatoms. The average molecular weight is 949 g/mol. The number of amides is 2. The molecule has 0 radical (unpaired) electrons. The van der Waals surface area contributed by atoms with Crippen molar-refractivity contribution in [3.8, 4) is 0 Å². The largest absolute Gasteiger partial charge is 0.463 e. The number of rotatable bonds is 47. The van der Waals surface area contributed by atoms with E-state index in [9.17, 15) is 19.2 Å². The number of nitrogens with one attached hydrogen (secondary N) is 1. The maximum Gasteiger partial charge on any atom is 0.306 e. The Balaban J connectivity index is 2.46. The molecule has 394 valence electrons. The number of ether oxygens (including phenoxy) is 4. The Kier molecular flexibility index (Phi) is 39.0. The van der Waals surface area contributed by atoms with Gasteiger partial charge in [0.1, 0.15) is 12.7 Å². The maximum atomic E-state index is 13.6. The zero-order valence-corrected chi connectivity index (χ0v) is 45.1. The second-order valence-corrected chi connectivity index (χ2v) is 21.4. The van der Waals surface area contributed by atoms with Crippen LogP contribution in [0, 0.1) is 0 Å². The minimum Gasteiger partial charge on any atom is -0.463 e. The van der Waals surface area contributed by atoms with Gasteiger partial charge in [-0.25, -0.2) is 0 Å². The molecule has 0 aliphatic carbocycles. The van der Waals surface area contributed by atoms with Crippen LogP contribution in [-0.2, 0) is 38.1 Å². The summed E-state index contributed by atoms with van der Waals surface area (Å²) in [5.41, 5.74) is -0.556. The highest BCUT2D eigenvalue weighted by Gasteiger charge is 2.38. The van der Waals surface area contributed by atoms with E-state index in [0.29, 0.717) is 32.4 Å². The van der Waals surface area contributed by atoms with Crippen LogP contribution in [0.2, 0.25) is 0 Å². The number of methoxy groups -OCH3 is 1. The van der Waals surface area contributed by atoms with E-state index < -0.39 is 6.10 Å². The quantitative estimate of drug-likeness (QED) is 0.0473. The van der Waals surface area contributed by atoms with E-state index >= 15 is 0 Å². The summed E-state index contributed by atoms with van der Waals surface area (Å²) in [5.74, 6) is -0.841. The van der Waals surface area contributed by atoms with Gasteiger partial charge in [-0.15, -0.1) is 0 Å². The van der Waals surface area contributed by atoms with E-state index in [4.69, 9.17) is 18.9 Å². The summed E-state index contributed by atoms with van der Waals surface area (Å²) in [5, 5.41) is 2.96. The second kappa shape index (κ2) is 41.6. The highest BCUT2D eigenvalue weighted by molar-refractivity contribution is 5.84. The molecule has 1 heterocycles. The number of esters is 2. The lowest BCUT2D eigenvalue weighted by molar-refractivity contribution is -0.149. The molecule has 1 saturated heterocycles. The smallest absolute Gasteiger partial charge is 0.306 e. The summed E-state index contributed by atoms with van der Waals surface area (Å²) in [7, 11) is 1.71. The third-order valence-electron chi connectivity index (χ3n) is 14.0. The fourth-order valence-corrected chi connectivity index (χ4v) is 9.15. The van der Waals surface area contributed by atoms with Crippen LogP contribution < -0.4 is 5.32 Å². The Morgan fingerprint density at radius 2 is 0.955 bits per heavy atom. The van der Waals surface area contributed by atoms with Gasteiger partial charge in [-0.3, -0.25) is 19.2 Å². The summed E-state index contributed by atoms with van der Waals surface area (Å²) < 4.78 is 23.2. The number of hydrogen-bond donors (Lipinski definition) is 1. The van der Waals surface area contributed by atoms with Crippen LogP contribution in [0.15, 0.2) is 0 Å². The van der Waals surface area contributed by atoms with Gasteiger partial charge in [0.2, 0.25) is 11.8 Å². The molecule has 0 saturated carbocycles. The molecule has 2 atom stereocenters. The standard InChI is InChI=1S/C57H108N2O8/c1-8-10-12-14-16-18-20-22-24-26-28-30-32-34-36-39-54(62)65-49-50-47-51(67-55(63)40-37-35-33-31-29-27-25-23-21-19-17-15-13-11-9-2)48-59(50)53(61)42-41-52(60)58-45-38-43-57(5,6)66-46-44-56(3,4)64-7/h50-51H,8-49H2,1-7H3,(H,58,60)/t50-,51+/m0/s1. The van der Waals surface area contributed by atoms with Crippen LogP contribution in [0.5, 0.6) is 0 Å². The molecule has 0 aromatic heterocycles. The molecule has 1 aliphatic rings. The predicted octanol–water partition coefficient (Wildman–Crippen LogP) is 14.9. The first-order chi connectivity index (χ1) is 32.3. The molecule has 0 aromatic rings. The number of nitrogens with zero attached hydrogens (tertiary/aromatic N) is 1. The zero-order chi connectivity index (χ0) is 49.3. The van der Waals surface area contributed by atoms with Crippen molar-refractivity contribution in [2.24, 2.45) is 0 Å². The molecule has 1 N–H and O–H groups in total. The summed E-state index contributed by atoms with van der Waals surface area (Å²) in [6.07, 6.45) is 41.2. The van der Waals surface area contributed by atoms with Gasteiger partial charge in [0.05, 0.1) is 30.4 Å². The molecule has 0 aromatic carbocycles. The zero-order valence-electron chi connectivity index (χ0n) is 45.1. The van der Waals surface area contributed by atoms with Crippen molar-refractivity contribution < 1.29 is 38.1 Å². The van der Waals surface area contributed by atoms with Crippen molar-refractivity contribution in [3.05, 3.63) is 0 Å². The van der Waals surface area contributed by atoms with E-state index in [1.54, 1.807) is 12.0 Å². The Labute approximate surface area is 413 Å². The van der Waals surface area contributed by atoms with Crippen molar-refractivity contribution in [3.63, 3.8) is 0 Å². The third kappa shape index (κ3) is 37.3. The highest BCUT2D eigenvalue weighted by Crippen LogP contribution is 2.25. The molecule has 2 amide bonds. The van der Waals surface area contributed by atoms with Crippen molar-refractivity contribution >= 4 is 23.8 Å². The van der Waals surface area contributed by atoms with Crippen LogP contribution in [0.4, 0.5) is 0 Å². The lowest BCUT2D eigenvalue weighted by atomic mass is 10.0. The van der Waals surface area contributed by atoms with Gasteiger partial charge < -0.3 is 29.2 Å². The van der Waals surface area contributed by atoms with E-state index in [1.165, 1.54) is 154 Å². The summed E-state index contributed by atoms with van der Waals surface area (Å²) >= 11 is 0.